The summed E-state index contributed by atoms with van der Waals surface area (Å²) in [5.41, 5.74) is 8.87. The van der Waals surface area contributed by atoms with Crippen LogP contribution in [-0.2, 0) is 0 Å². The number of nitrogens with zero attached hydrogens (tertiary/aromatic N) is 3. The zero-order chi connectivity index (χ0) is 14.3. The summed E-state index contributed by atoms with van der Waals surface area (Å²) in [4.78, 5) is 4.41. The minimum atomic E-state index is 0.405. The van der Waals surface area contributed by atoms with Gasteiger partial charge in [-0.15, -0.1) is 0 Å². The van der Waals surface area contributed by atoms with Crippen LogP contribution in [0.15, 0.2) is 18.2 Å². The Morgan fingerprint density at radius 1 is 1.35 bits per heavy atom. The van der Waals surface area contributed by atoms with Crippen LogP contribution in [-0.4, -0.2) is 9.55 Å². The Balaban J connectivity index is 2.05. The quantitative estimate of drug-likeness (QED) is 0.858. The van der Waals surface area contributed by atoms with Crippen LogP contribution in [0.4, 0.5) is 5.95 Å². The van der Waals surface area contributed by atoms with E-state index in [2.05, 4.69) is 29.5 Å². The van der Waals surface area contributed by atoms with Gasteiger partial charge in [-0.1, -0.05) is 19.9 Å². The second kappa shape index (κ2) is 4.52. The van der Waals surface area contributed by atoms with E-state index in [1.165, 1.54) is 12.8 Å². The smallest absolute Gasteiger partial charge is 0.201 e. The van der Waals surface area contributed by atoms with Gasteiger partial charge in [-0.25, -0.2) is 4.98 Å². The molecule has 0 unspecified atom stereocenters. The zero-order valence-electron chi connectivity index (χ0n) is 12.1. The Hall–Kier alpha value is -2.02. The maximum absolute atomic E-state index is 9.17. The molecule has 1 fully saturated rings. The standard InChI is InChI=1S/C16H20N4/c1-16(2)8-6-12(7-9-16)20-13-5-3-4-11(10-17)14(13)19-15(20)18/h3-5,12H,6-9H2,1-2H3,(H2,18,19). The molecule has 2 N–H and O–H groups in total. The van der Waals surface area contributed by atoms with E-state index < -0.39 is 0 Å². The van der Waals surface area contributed by atoms with Gasteiger partial charge in [0.1, 0.15) is 11.6 Å². The molecule has 0 aliphatic heterocycles. The number of aromatic nitrogens is 2. The SMILES string of the molecule is CC1(C)CCC(n2c(N)nc3c(C#N)cccc32)CC1. The summed E-state index contributed by atoms with van der Waals surface area (Å²) in [5, 5.41) is 9.17. The number of para-hydroxylation sites is 1. The van der Waals surface area contributed by atoms with Crippen molar-refractivity contribution in [1.29, 1.82) is 5.26 Å². The highest BCUT2D eigenvalue weighted by molar-refractivity contribution is 5.84. The van der Waals surface area contributed by atoms with Crippen LogP contribution in [0, 0.1) is 16.7 Å². The summed E-state index contributed by atoms with van der Waals surface area (Å²) >= 11 is 0. The molecule has 4 heteroatoms. The molecule has 104 valence electrons. The van der Waals surface area contributed by atoms with E-state index in [0.29, 0.717) is 23.0 Å². The van der Waals surface area contributed by atoms with Crippen LogP contribution in [0.25, 0.3) is 11.0 Å². The van der Waals surface area contributed by atoms with Crippen molar-refractivity contribution in [1.82, 2.24) is 9.55 Å². The van der Waals surface area contributed by atoms with E-state index in [1.807, 2.05) is 12.1 Å². The van der Waals surface area contributed by atoms with Crippen molar-refractivity contribution in [3.05, 3.63) is 23.8 Å². The number of nitrogens with two attached hydrogens (primary N) is 1. The van der Waals surface area contributed by atoms with E-state index >= 15 is 0 Å². The number of rotatable bonds is 1. The van der Waals surface area contributed by atoms with E-state index in [4.69, 9.17) is 5.73 Å². The first kappa shape index (κ1) is 13.0. The summed E-state index contributed by atoms with van der Waals surface area (Å²) in [5.74, 6) is 0.535. The maximum Gasteiger partial charge on any atom is 0.201 e. The van der Waals surface area contributed by atoms with Gasteiger partial charge in [-0.3, -0.25) is 0 Å². The molecule has 0 amide bonds. The average molecular weight is 268 g/mol. The van der Waals surface area contributed by atoms with Crippen molar-refractivity contribution in [3.8, 4) is 6.07 Å². The number of imidazole rings is 1. The van der Waals surface area contributed by atoms with Gasteiger partial charge in [0.25, 0.3) is 0 Å². The van der Waals surface area contributed by atoms with Crippen LogP contribution < -0.4 is 5.73 Å². The lowest BCUT2D eigenvalue weighted by atomic mass is 9.75. The molecule has 1 aliphatic rings. The molecule has 1 aromatic carbocycles. The highest BCUT2D eigenvalue weighted by Gasteiger charge is 2.29. The topological polar surface area (TPSA) is 67.6 Å². The second-order valence-corrected chi connectivity index (χ2v) is 6.52. The number of anilines is 1. The first-order valence-electron chi connectivity index (χ1n) is 7.18. The van der Waals surface area contributed by atoms with Crippen molar-refractivity contribution < 1.29 is 0 Å². The predicted octanol–water partition coefficient (Wildman–Crippen LogP) is 3.63. The van der Waals surface area contributed by atoms with Gasteiger partial charge >= 0.3 is 0 Å². The molecule has 0 bridgehead atoms. The van der Waals surface area contributed by atoms with Gasteiger partial charge < -0.3 is 10.3 Å². The number of hydrogen-bond donors (Lipinski definition) is 1. The highest BCUT2D eigenvalue weighted by Crippen LogP contribution is 2.42. The number of benzene rings is 1. The molecule has 1 heterocycles. The molecule has 0 spiro atoms. The van der Waals surface area contributed by atoms with Gasteiger partial charge in [0.05, 0.1) is 11.1 Å². The molecule has 3 rings (SSSR count). The van der Waals surface area contributed by atoms with E-state index in [9.17, 15) is 5.26 Å². The highest BCUT2D eigenvalue weighted by atomic mass is 15.2. The van der Waals surface area contributed by atoms with Crippen molar-refractivity contribution in [3.63, 3.8) is 0 Å². The average Bonchev–Trinajstić information content (AvgIpc) is 2.75. The van der Waals surface area contributed by atoms with E-state index in [1.54, 1.807) is 6.07 Å². The summed E-state index contributed by atoms with van der Waals surface area (Å²) in [7, 11) is 0. The van der Waals surface area contributed by atoms with Crippen molar-refractivity contribution >= 4 is 17.0 Å². The first-order valence-corrected chi connectivity index (χ1v) is 7.18. The molecule has 1 aromatic heterocycles. The van der Waals surface area contributed by atoms with Gasteiger partial charge in [0.2, 0.25) is 5.95 Å². The maximum atomic E-state index is 9.17. The van der Waals surface area contributed by atoms with Crippen molar-refractivity contribution in [2.75, 3.05) is 5.73 Å². The van der Waals surface area contributed by atoms with Crippen LogP contribution >= 0.6 is 0 Å². The minimum Gasteiger partial charge on any atom is -0.369 e. The first-order chi connectivity index (χ1) is 9.52. The van der Waals surface area contributed by atoms with Crippen LogP contribution in [0.2, 0.25) is 0 Å². The number of nitrogen functional groups attached to an aromatic ring is 1. The fourth-order valence-electron chi connectivity index (χ4n) is 3.25. The summed E-state index contributed by atoms with van der Waals surface area (Å²) in [6.45, 7) is 4.65. The molecule has 0 radical (unpaired) electrons. The Kier molecular flexibility index (Phi) is 2.93. The fourth-order valence-corrected chi connectivity index (χ4v) is 3.25. The molecule has 0 saturated heterocycles. The Bertz CT molecular complexity index is 680. The number of fused-ring (bicyclic) bond motifs is 1. The van der Waals surface area contributed by atoms with Gasteiger partial charge in [-0.05, 0) is 43.2 Å². The Morgan fingerprint density at radius 3 is 2.70 bits per heavy atom. The van der Waals surface area contributed by atoms with Crippen LogP contribution in [0.5, 0.6) is 0 Å². The van der Waals surface area contributed by atoms with Gasteiger partial charge in [0, 0.05) is 6.04 Å². The molecule has 0 atom stereocenters. The Morgan fingerprint density at radius 2 is 2.05 bits per heavy atom. The van der Waals surface area contributed by atoms with Gasteiger partial charge in [0.15, 0.2) is 0 Å². The monoisotopic (exact) mass is 268 g/mol. The van der Waals surface area contributed by atoms with Crippen LogP contribution in [0.1, 0.15) is 51.1 Å². The molecular weight excluding hydrogens is 248 g/mol. The molecule has 2 aromatic rings. The zero-order valence-corrected chi connectivity index (χ0v) is 12.1. The number of nitriles is 1. The third kappa shape index (κ3) is 2.03. The molecule has 20 heavy (non-hydrogen) atoms. The van der Waals surface area contributed by atoms with E-state index in [-0.39, 0.29) is 0 Å². The normalized spacial score (nSPS) is 19.1. The minimum absolute atomic E-state index is 0.405. The predicted molar refractivity (Wildman–Crippen MR) is 80.1 cm³/mol. The van der Waals surface area contributed by atoms with Crippen molar-refractivity contribution in [2.45, 2.75) is 45.6 Å². The van der Waals surface area contributed by atoms with Crippen molar-refractivity contribution in [2.24, 2.45) is 5.41 Å². The molecule has 4 nitrogen and oxygen atoms in total. The summed E-state index contributed by atoms with van der Waals surface area (Å²) in [6, 6.07) is 8.32. The van der Waals surface area contributed by atoms with Gasteiger partial charge in [-0.2, -0.15) is 5.26 Å². The van der Waals surface area contributed by atoms with E-state index in [0.717, 1.165) is 23.9 Å². The third-order valence-electron chi connectivity index (χ3n) is 4.54. The largest absolute Gasteiger partial charge is 0.369 e. The summed E-state index contributed by atoms with van der Waals surface area (Å²) in [6.07, 6.45) is 4.66. The molecular formula is C16H20N4. The Labute approximate surface area is 119 Å². The second-order valence-electron chi connectivity index (χ2n) is 6.52. The molecule has 1 saturated carbocycles. The lowest BCUT2D eigenvalue weighted by Crippen LogP contribution is -2.24. The fraction of sp³-hybridized carbons (Fsp3) is 0.500. The summed E-state index contributed by atoms with van der Waals surface area (Å²) < 4.78 is 2.13. The lowest BCUT2D eigenvalue weighted by Gasteiger charge is -2.35. The van der Waals surface area contributed by atoms with Crippen LogP contribution in [0.3, 0.4) is 0 Å². The number of hydrogen-bond acceptors (Lipinski definition) is 3. The third-order valence-corrected chi connectivity index (χ3v) is 4.54. The lowest BCUT2D eigenvalue weighted by molar-refractivity contribution is 0.197. The molecule has 1 aliphatic carbocycles.